The van der Waals surface area contributed by atoms with Gasteiger partial charge in [-0.2, -0.15) is 32.1 Å². The molecule has 1 rings (SSSR count). The van der Waals surface area contributed by atoms with Gasteiger partial charge in [0.05, 0.1) is 0 Å². The molecule has 0 aliphatic heterocycles. The molecule has 0 spiro atoms. The van der Waals surface area contributed by atoms with Crippen LogP contribution in [0, 0.1) is 47.6 Å². The van der Waals surface area contributed by atoms with Crippen molar-refractivity contribution in [3.05, 3.63) is 60.8 Å². The van der Waals surface area contributed by atoms with E-state index in [0.29, 0.717) is 11.8 Å². The van der Waals surface area contributed by atoms with Crippen molar-refractivity contribution in [3.63, 3.8) is 0 Å². The van der Waals surface area contributed by atoms with Gasteiger partial charge in [-0.15, -0.1) is 0 Å². The van der Waals surface area contributed by atoms with Gasteiger partial charge in [0.1, 0.15) is 0 Å². The number of allylic oxidation sites excluding steroid dienone is 10. The molecule has 16 heteroatoms. The zero-order chi connectivity index (χ0) is 19.1. The molecule has 191 valence electrons. The van der Waals surface area contributed by atoms with E-state index >= 15 is 0 Å². The van der Waals surface area contributed by atoms with Crippen molar-refractivity contribution in [1.29, 1.82) is 0 Å². The van der Waals surface area contributed by atoms with Crippen LogP contribution in [0.1, 0.15) is 72.1 Å². The summed E-state index contributed by atoms with van der Waals surface area (Å²) in [6.45, 7) is 6.64. The fourth-order valence-electron chi connectivity index (χ4n) is 3.14. The Kier molecular flexibility index (Phi) is 187. The monoisotopic (exact) mass is 1680 g/mol. The number of hydrogen-bond donors (Lipinski definition) is 1. The molecular weight excluding hydrogens is 1650 g/mol. The second-order valence-corrected chi connectivity index (χ2v) is 6.95. The third kappa shape index (κ3) is 57.4. The van der Waals surface area contributed by atoms with E-state index in [2.05, 4.69) is 81.5 Å². The average molecular weight is 1690 g/mol. The molecule has 1 fully saturated rings. The quantitative estimate of drug-likeness (QED) is 0.164. The molecule has 1 nitrogen and oxygen atoms in total. The van der Waals surface area contributed by atoms with Crippen molar-refractivity contribution in [2.24, 2.45) is 17.3 Å². The zero-order valence-electron chi connectivity index (χ0n) is 25.5. The molecule has 0 aromatic heterocycles. The van der Waals surface area contributed by atoms with Gasteiger partial charge in [-0.1, -0.05) is 40.0 Å². The maximum Gasteiger partial charge on any atom is 0.0471 e. The third-order valence-electron chi connectivity index (χ3n) is 4.89. The van der Waals surface area contributed by atoms with Gasteiger partial charge in [0.15, 0.2) is 0 Å². The minimum atomic E-state index is 0. The van der Waals surface area contributed by atoms with Crippen LogP contribution in [0.3, 0.4) is 0 Å². The van der Waals surface area contributed by atoms with E-state index in [0.717, 1.165) is 51.4 Å². The standard InChI is InChI=1S/C25H35O.15Y/c1-4-6-8-10-12-13-14-15-16-18-20-23-24(22-26)25(23,3)21-19-17-11-9-7-5-2;;;;;;;;;;;;;;;/h8-9,14,20-21,23-24,26H,4-5,10-12,15-17,22H2,1-3H3;;;;;;;;;;;;;;;/q-5;;;;;;;;;;;;;;;. The Morgan fingerprint density at radius 1 is 0.537 bits per heavy atom. The number of aliphatic hydroxyl groups is 1. The zero-order valence-corrected chi connectivity index (χ0v) is 68.1. The third-order valence-corrected chi connectivity index (χ3v) is 4.89. The Morgan fingerprint density at radius 3 is 1.24 bits per heavy atom. The molecule has 1 N–H and O–H groups in total. The maximum atomic E-state index is 9.61. The normalized spacial score (nSPS) is 16.8. The van der Waals surface area contributed by atoms with Crippen LogP contribution in [-0.4, -0.2) is 11.7 Å². The minimum Gasteiger partial charge on any atom is -0.501 e. The van der Waals surface area contributed by atoms with Gasteiger partial charge in [0.25, 0.3) is 0 Å². The molecule has 0 amide bonds. The summed E-state index contributed by atoms with van der Waals surface area (Å²) in [4.78, 5) is 0. The molecule has 0 aromatic rings. The predicted octanol–water partition coefficient (Wildman–Crippen LogP) is 6.15. The van der Waals surface area contributed by atoms with Crippen LogP contribution in [0.5, 0.6) is 0 Å². The van der Waals surface area contributed by atoms with Crippen LogP contribution in [-0.2, 0) is 491 Å². The molecular formula is C25H35OY15-5. The first kappa shape index (κ1) is 101. The first-order chi connectivity index (χ1) is 12.7. The van der Waals surface area contributed by atoms with E-state index in [4.69, 9.17) is 0 Å². The summed E-state index contributed by atoms with van der Waals surface area (Å²) in [5, 5.41) is 9.61. The first-order valence-electron chi connectivity index (χ1n) is 10.1. The van der Waals surface area contributed by atoms with Crippen LogP contribution in [0.2, 0.25) is 0 Å². The van der Waals surface area contributed by atoms with Crippen molar-refractivity contribution in [1.82, 2.24) is 0 Å². The number of unbranched alkanes of at least 4 members (excludes halogenated alkanes) is 3. The Balaban J connectivity index is -0.0000000347. The van der Waals surface area contributed by atoms with Crippen LogP contribution < -0.4 is 0 Å². The SMILES string of the molecule is CC[C-]=CCC[C-]=CCC[C-]=CC1C(CO)C1(C)C=[C-]CCC=[C-]CC.[Y].[Y].[Y].[Y].[Y].[Y].[Y].[Y].[Y].[Y].[Y].[Y].[Y].[Y].[Y]. The van der Waals surface area contributed by atoms with Gasteiger partial charge >= 0.3 is 0 Å². The molecule has 1 saturated carbocycles. The Hall–Kier alpha value is 15.2. The second kappa shape index (κ2) is 76.0. The Bertz CT molecular complexity index is 533. The summed E-state index contributed by atoms with van der Waals surface area (Å²) in [6, 6.07) is 0. The van der Waals surface area contributed by atoms with Crippen molar-refractivity contribution in [2.45, 2.75) is 72.1 Å². The molecule has 0 saturated heterocycles. The van der Waals surface area contributed by atoms with Crippen molar-refractivity contribution >= 4 is 0 Å². The Morgan fingerprint density at radius 2 is 0.878 bits per heavy atom. The summed E-state index contributed by atoms with van der Waals surface area (Å²) in [5.41, 5.74) is 0.0456. The molecule has 0 aromatic carbocycles. The molecule has 0 heterocycles. The molecule has 0 bridgehead atoms. The molecule has 1 aliphatic rings. The van der Waals surface area contributed by atoms with Crippen LogP contribution in [0.25, 0.3) is 0 Å². The first-order valence-corrected chi connectivity index (χ1v) is 10.1. The van der Waals surface area contributed by atoms with Crippen LogP contribution >= 0.6 is 0 Å². The number of rotatable bonds is 14. The van der Waals surface area contributed by atoms with Crippen LogP contribution in [0.15, 0.2) is 30.4 Å². The van der Waals surface area contributed by atoms with Crippen molar-refractivity contribution < 1.29 is 496 Å². The van der Waals surface area contributed by atoms with Gasteiger partial charge in [-0.25, -0.2) is 0 Å². The van der Waals surface area contributed by atoms with Crippen LogP contribution in [0.4, 0.5) is 0 Å². The molecule has 1 aliphatic carbocycles. The second-order valence-electron chi connectivity index (χ2n) is 6.95. The Labute approximate surface area is 633 Å². The van der Waals surface area contributed by atoms with Crippen molar-refractivity contribution in [3.8, 4) is 0 Å². The van der Waals surface area contributed by atoms with E-state index in [1.807, 2.05) is 0 Å². The summed E-state index contributed by atoms with van der Waals surface area (Å²) in [7, 11) is 0. The molecule has 15 radical (unpaired) electrons. The van der Waals surface area contributed by atoms with Gasteiger partial charge in [0, 0.05) is 497 Å². The van der Waals surface area contributed by atoms with Gasteiger partial charge in [-0.05, 0) is 17.3 Å². The topological polar surface area (TPSA) is 20.2 Å². The summed E-state index contributed by atoms with van der Waals surface area (Å²) >= 11 is 0. The maximum absolute atomic E-state index is 9.61. The van der Waals surface area contributed by atoms with E-state index in [1.165, 1.54) is 0 Å². The minimum absolute atomic E-state index is 0. The number of aliphatic hydroxyl groups excluding tert-OH is 1. The predicted molar refractivity (Wildman–Crippen MR) is 110 cm³/mol. The van der Waals surface area contributed by atoms with Crippen molar-refractivity contribution in [2.75, 3.05) is 6.61 Å². The summed E-state index contributed by atoms with van der Waals surface area (Å²) in [5.74, 6) is 0.698. The molecule has 3 unspecified atom stereocenters. The fourth-order valence-corrected chi connectivity index (χ4v) is 3.14. The molecule has 41 heavy (non-hydrogen) atoms. The van der Waals surface area contributed by atoms with E-state index in [1.54, 1.807) is 0 Å². The van der Waals surface area contributed by atoms with Gasteiger partial charge < -0.3 is 35.5 Å². The van der Waals surface area contributed by atoms with Gasteiger partial charge in [-0.3, -0.25) is 30.4 Å². The fraction of sp³-hybridized carbons (Fsp3) is 0.600. The molecule has 3 atom stereocenters. The number of hydrogen-bond acceptors (Lipinski definition) is 1. The van der Waals surface area contributed by atoms with Gasteiger partial charge in [0.2, 0.25) is 0 Å². The smallest absolute Gasteiger partial charge is 0.0471 e. The van der Waals surface area contributed by atoms with E-state index < -0.39 is 0 Å². The van der Waals surface area contributed by atoms with E-state index in [9.17, 15) is 5.11 Å². The van der Waals surface area contributed by atoms with E-state index in [-0.39, 0.29) is 503 Å². The average Bonchev–Trinajstić information content (AvgIpc) is 3.22. The summed E-state index contributed by atoms with van der Waals surface area (Å²) in [6.07, 6.45) is 34.9. The largest absolute Gasteiger partial charge is 0.501 e. The summed E-state index contributed by atoms with van der Waals surface area (Å²) < 4.78 is 0.